The first-order valence-electron chi connectivity index (χ1n) is 4.76. The first-order chi connectivity index (χ1) is 7.97. The quantitative estimate of drug-likeness (QED) is 0.690. The van der Waals surface area contributed by atoms with Crippen LogP contribution in [-0.4, -0.2) is 4.98 Å². The Bertz CT molecular complexity index is 517. The summed E-state index contributed by atoms with van der Waals surface area (Å²) in [7, 11) is 0. The van der Waals surface area contributed by atoms with Crippen molar-refractivity contribution in [3.8, 4) is 11.3 Å². The van der Waals surface area contributed by atoms with Crippen molar-refractivity contribution in [2.75, 3.05) is 0 Å². The minimum Gasteiger partial charge on any atom is -0.253 e. The summed E-state index contributed by atoms with van der Waals surface area (Å²) in [4.78, 5) is 3.73. The SMILES string of the molecule is Fc1ccc(-c2cccc(C(F)(F)F)c2)nc1. The van der Waals surface area contributed by atoms with E-state index in [2.05, 4.69) is 4.98 Å². The van der Waals surface area contributed by atoms with Gasteiger partial charge in [-0.05, 0) is 24.3 Å². The lowest BCUT2D eigenvalue weighted by Gasteiger charge is -2.08. The highest BCUT2D eigenvalue weighted by Crippen LogP contribution is 2.31. The molecule has 1 aromatic carbocycles. The maximum Gasteiger partial charge on any atom is 0.416 e. The number of halogens is 4. The minimum atomic E-state index is -4.39. The molecule has 88 valence electrons. The third-order valence-electron chi connectivity index (χ3n) is 2.21. The van der Waals surface area contributed by atoms with Crippen molar-refractivity contribution < 1.29 is 17.6 Å². The van der Waals surface area contributed by atoms with Crippen molar-refractivity contribution in [2.45, 2.75) is 6.18 Å². The van der Waals surface area contributed by atoms with Gasteiger partial charge >= 0.3 is 6.18 Å². The zero-order chi connectivity index (χ0) is 12.5. The molecule has 0 aliphatic carbocycles. The highest BCUT2D eigenvalue weighted by atomic mass is 19.4. The Morgan fingerprint density at radius 2 is 1.76 bits per heavy atom. The molecule has 0 bridgehead atoms. The minimum absolute atomic E-state index is 0.303. The largest absolute Gasteiger partial charge is 0.416 e. The fraction of sp³-hybridized carbons (Fsp3) is 0.0833. The molecule has 5 heteroatoms. The van der Waals surface area contributed by atoms with Crippen LogP contribution in [0, 0.1) is 5.82 Å². The first-order valence-corrected chi connectivity index (χ1v) is 4.76. The average molecular weight is 241 g/mol. The molecule has 0 saturated carbocycles. The number of hydrogen-bond donors (Lipinski definition) is 0. The molecular formula is C12H7F4N. The van der Waals surface area contributed by atoms with Gasteiger partial charge in [-0.2, -0.15) is 13.2 Å². The Morgan fingerprint density at radius 1 is 1.00 bits per heavy atom. The monoisotopic (exact) mass is 241 g/mol. The van der Waals surface area contributed by atoms with Crippen LogP contribution in [0.15, 0.2) is 42.6 Å². The summed E-state index contributed by atoms with van der Waals surface area (Å²) in [5.41, 5.74) is -0.140. The number of rotatable bonds is 1. The second-order valence-electron chi connectivity index (χ2n) is 3.44. The lowest BCUT2D eigenvalue weighted by atomic mass is 10.1. The van der Waals surface area contributed by atoms with Crippen molar-refractivity contribution in [1.82, 2.24) is 4.98 Å². The van der Waals surface area contributed by atoms with E-state index in [0.29, 0.717) is 11.3 Å². The van der Waals surface area contributed by atoms with Gasteiger partial charge in [0.1, 0.15) is 5.82 Å². The van der Waals surface area contributed by atoms with Gasteiger partial charge in [0.15, 0.2) is 0 Å². The molecule has 1 nitrogen and oxygen atoms in total. The van der Waals surface area contributed by atoms with Crippen molar-refractivity contribution in [1.29, 1.82) is 0 Å². The molecule has 0 atom stereocenters. The fourth-order valence-electron chi connectivity index (χ4n) is 1.40. The molecule has 0 aliphatic heterocycles. The van der Waals surface area contributed by atoms with E-state index in [0.717, 1.165) is 24.4 Å². The molecule has 0 radical (unpaired) electrons. The zero-order valence-corrected chi connectivity index (χ0v) is 8.50. The van der Waals surface area contributed by atoms with Gasteiger partial charge in [0.25, 0.3) is 0 Å². The Balaban J connectivity index is 2.43. The van der Waals surface area contributed by atoms with Gasteiger partial charge in [0.05, 0.1) is 17.5 Å². The number of nitrogens with zero attached hydrogens (tertiary/aromatic N) is 1. The number of aromatic nitrogens is 1. The van der Waals surface area contributed by atoms with E-state index >= 15 is 0 Å². The van der Waals surface area contributed by atoms with Crippen LogP contribution in [0.25, 0.3) is 11.3 Å². The van der Waals surface area contributed by atoms with E-state index in [1.807, 2.05) is 0 Å². The number of hydrogen-bond acceptors (Lipinski definition) is 1. The van der Waals surface area contributed by atoms with Gasteiger partial charge in [0, 0.05) is 5.56 Å². The Labute approximate surface area is 94.7 Å². The van der Waals surface area contributed by atoms with E-state index in [1.165, 1.54) is 18.2 Å². The summed E-state index contributed by atoms with van der Waals surface area (Å²) in [6.45, 7) is 0. The number of pyridine rings is 1. The van der Waals surface area contributed by atoms with Crippen molar-refractivity contribution in [3.05, 3.63) is 54.0 Å². The van der Waals surface area contributed by atoms with E-state index in [1.54, 1.807) is 0 Å². The van der Waals surface area contributed by atoms with Gasteiger partial charge in [-0.25, -0.2) is 4.39 Å². The van der Waals surface area contributed by atoms with Crippen LogP contribution >= 0.6 is 0 Å². The van der Waals surface area contributed by atoms with Crippen molar-refractivity contribution >= 4 is 0 Å². The summed E-state index contributed by atoms with van der Waals surface area (Å²) in [5, 5.41) is 0. The van der Waals surface area contributed by atoms with E-state index < -0.39 is 17.6 Å². The standard InChI is InChI=1S/C12H7F4N/c13-10-4-5-11(17-7-10)8-2-1-3-9(6-8)12(14,15)16/h1-7H. The fourth-order valence-corrected chi connectivity index (χ4v) is 1.40. The highest BCUT2D eigenvalue weighted by Gasteiger charge is 2.30. The Morgan fingerprint density at radius 3 is 2.35 bits per heavy atom. The molecule has 0 aliphatic rings. The molecule has 17 heavy (non-hydrogen) atoms. The van der Waals surface area contributed by atoms with Crippen molar-refractivity contribution in [2.24, 2.45) is 0 Å². The van der Waals surface area contributed by atoms with Crippen LogP contribution in [0.1, 0.15) is 5.56 Å². The maximum atomic E-state index is 12.6. The second kappa shape index (κ2) is 4.16. The van der Waals surface area contributed by atoms with Crippen LogP contribution < -0.4 is 0 Å². The normalized spacial score (nSPS) is 11.5. The number of alkyl halides is 3. The zero-order valence-electron chi connectivity index (χ0n) is 8.50. The molecule has 2 aromatic rings. The predicted octanol–water partition coefficient (Wildman–Crippen LogP) is 3.91. The third-order valence-corrected chi connectivity index (χ3v) is 2.21. The van der Waals surface area contributed by atoms with Gasteiger partial charge in [-0.3, -0.25) is 4.98 Å². The molecule has 0 unspecified atom stereocenters. The average Bonchev–Trinajstić information content (AvgIpc) is 2.29. The Kier molecular flexibility index (Phi) is 2.83. The van der Waals surface area contributed by atoms with Crippen LogP contribution in [-0.2, 0) is 6.18 Å². The molecule has 0 fully saturated rings. The first kappa shape index (κ1) is 11.6. The lowest BCUT2D eigenvalue weighted by molar-refractivity contribution is -0.137. The van der Waals surface area contributed by atoms with Gasteiger partial charge in [0.2, 0.25) is 0 Å². The highest BCUT2D eigenvalue weighted by molar-refractivity contribution is 5.59. The van der Waals surface area contributed by atoms with Gasteiger partial charge in [-0.15, -0.1) is 0 Å². The summed E-state index contributed by atoms with van der Waals surface area (Å²) in [6.07, 6.45) is -3.42. The molecule has 0 N–H and O–H groups in total. The van der Waals surface area contributed by atoms with Crippen LogP contribution in [0.2, 0.25) is 0 Å². The third kappa shape index (κ3) is 2.61. The molecule has 0 spiro atoms. The maximum absolute atomic E-state index is 12.6. The van der Waals surface area contributed by atoms with E-state index in [9.17, 15) is 17.6 Å². The van der Waals surface area contributed by atoms with Gasteiger partial charge in [-0.1, -0.05) is 12.1 Å². The van der Waals surface area contributed by atoms with Crippen LogP contribution in [0.4, 0.5) is 17.6 Å². The summed E-state index contributed by atoms with van der Waals surface area (Å²) in [5.74, 6) is -0.527. The summed E-state index contributed by atoms with van der Waals surface area (Å²) in [6, 6.07) is 7.25. The van der Waals surface area contributed by atoms with Gasteiger partial charge < -0.3 is 0 Å². The second-order valence-corrected chi connectivity index (χ2v) is 3.44. The van der Waals surface area contributed by atoms with Crippen LogP contribution in [0.5, 0.6) is 0 Å². The van der Waals surface area contributed by atoms with E-state index in [-0.39, 0.29) is 0 Å². The molecule has 1 heterocycles. The summed E-state index contributed by atoms with van der Waals surface area (Å²) < 4.78 is 50.0. The molecule has 2 rings (SSSR count). The van der Waals surface area contributed by atoms with E-state index in [4.69, 9.17) is 0 Å². The van der Waals surface area contributed by atoms with Crippen molar-refractivity contribution in [3.63, 3.8) is 0 Å². The lowest BCUT2D eigenvalue weighted by Crippen LogP contribution is -2.04. The smallest absolute Gasteiger partial charge is 0.253 e. The molecule has 0 saturated heterocycles. The van der Waals surface area contributed by atoms with Crippen LogP contribution in [0.3, 0.4) is 0 Å². The predicted molar refractivity (Wildman–Crippen MR) is 54.6 cm³/mol. The number of benzene rings is 1. The Hall–Kier alpha value is -1.91. The topological polar surface area (TPSA) is 12.9 Å². The molecule has 1 aromatic heterocycles. The summed E-state index contributed by atoms with van der Waals surface area (Å²) >= 11 is 0. The molecular weight excluding hydrogens is 234 g/mol. The molecule has 0 amide bonds.